The van der Waals surface area contributed by atoms with Crippen LogP contribution in [0.5, 0.6) is 0 Å². The van der Waals surface area contributed by atoms with E-state index in [2.05, 4.69) is 5.43 Å². The van der Waals surface area contributed by atoms with Gasteiger partial charge in [0.1, 0.15) is 0 Å². The van der Waals surface area contributed by atoms with Gasteiger partial charge in [-0.2, -0.15) is 0 Å². The van der Waals surface area contributed by atoms with E-state index in [4.69, 9.17) is 10.6 Å². The Morgan fingerprint density at radius 2 is 2.21 bits per heavy atom. The number of nitrogens with zero attached hydrogens (tertiary/aromatic N) is 1. The molecule has 1 aliphatic rings. The first-order valence-electron chi connectivity index (χ1n) is 5.13. The van der Waals surface area contributed by atoms with E-state index < -0.39 is 0 Å². The Hall–Kier alpha value is -0.810. The van der Waals surface area contributed by atoms with Crippen molar-refractivity contribution in [2.24, 2.45) is 11.8 Å². The maximum Gasteiger partial charge on any atom is 0.409 e. The number of rotatable bonds is 3. The summed E-state index contributed by atoms with van der Waals surface area (Å²) in [6, 6.07) is 0. The van der Waals surface area contributed by atoms with Crippen molar-refractivity contribution in [2.75, 3.05) is 26.2 Å². The van der Waals surface area contributed by atoms with Gasteiger partial charge < -0.3 is 9.64 Å². The van der Waals surface area contributed by atoms with E-state index in [1.165, 1.54) is 0 Å². The SMILES string of the molecule is CCOC(=O)N1CCC(CNN)CC1. The number of carbonyl (C=O) groups is 1. The topological polar surface area (TPSA) is 67.6 Å². The Kier molecular flexibility index (Phi) is 4.69. The largest absolute Gasteiger partial charge is 0.450 e. The molecule has 0 aromatic carbocycles. The third kappa shape index (κ3) is 3.16. The molecule has 1 heterocycles. The lowest BCUT2D eigenvalue weighted by Gasteiger charge is -2.30. The van der Waals surface area contributed by atoms with Crippen LogP contribution in [0.3, 0.4) is 0 Å². The molecule has 0 atom stereocenters. The third-order valence-corrected chi connectivity index (χ3v) is 2.55. The number of hydrogen-bond donors (Lipinski definition) is 2. The van der Waals surface area contributed by atoms with E-state index in [1.807, 2.05) is 6.92 Å². The van der Waals surface area contributed by atoms with Crippen molar-refractivity contribution in [1.82, 2.24) is 10.3 Å². The normalized spacial score (nSPS) is 18.3. The molecule has 0 aromatic heterocycles. The van der Waals surface area contributed by atoms with Crippen LogP contribution >= 0.6 is 0 Å². The second-order valence-corrected chi connectivity index (χ2v) is 3.54. The summed E-state index contributed by atoms with van der Waals surface area (Å²) in [4.78, 5) is 13.1. The van der Waals surface area contributed by atoms with Gasteiger partial charge in [0.25, 0.3) is 0 Å². The van der Waals surface area contributed by atoms with E-state index >= 15 is 0 Å². The molecule has 0 aromatic rings. The number of piperidine rings is 1. The highest BCUT2D eigenvalue weighted by molar-refractivity contribution is 5.67. The Balaban J connectivity index is 2.24. The lowest BCUT2D eigenvalue weighted by atomic mass is 9.97. The van der Waals surface area contributed by atoms with E-state index in [0.717, 1.165) is 32.5 Å². The number of nitrogens with two attached hydrogens (primary N) is 1. The van der Waals surface area contributed by atoms with Gasteiger partial charge in [-0.1, -0.05) is 0 Å². The highest BCUT2D eigenvalue weighted by Gasteiger charge is 2.22. The molecule has 3 N–H and O–H groups in total. The number of amides is 1. The number of nitrogens with one attached hydrogen (secondary N) is 1. The van der Waals surface area contributed by atoms with Crippen LogP contribution in [0.1, 0.15) is 19.8 Å². The van der Waals surface area contributed by atoms with Crippen LogP contribution in [-0.2, 0) is 4.74 Å². The summed E-state index contributed by atoms with van der Waals surface area (Å²) in [6.45, 7) is 4.67. The fourth-order valence-corrected chi connectivity index (χ4v) is 1.70. The molecular weight excluding hydrogens is 182 g/mol. The molecule has 1 amide bonds. The number of likely N-dealkylation sites (tertiary alicyclic amines) is 1. The molecule has 82 valence electrons. The van der Waals surface area contributed by atoms with Crippen molar-refractivity contribution < 1.29 is 9.53 Å². The molecule has 0 saturated carbocycles. The molecule has 1 rings (SSSR count). The Labute approximate surface area is 84.5 Å². The molecule has 5 nitrogen and oxygen atoms in total. The fourth-order valence-electron chi connectivity index (χ4n) is 1.70. The lowest BCUT2D eigenvalue weighted by molar-refractivity contribution is 0.0917. The summed E-state index contributed by atoms with van der Waals surface area (Å²) in [5.74, 6) is 5.83. The van der Waals surface area contributed by atoms with Gasteiger partial charge in [0.2, 0.25) is 0 Å². The summed E-state index contributed by atoms with van der Waals surface area (Å²) in [6.07, 6.45) is 1.82. The van der Waals surface area contributed by atoms with Crippen LogP contribution in [0.4, 0.5) is 4.79 Å². The minimum Gasteiger partial charge on any atom is -0.450 e. The number of carbonyl (C=O) groups excluding carboxylic acids is 1. The minimum atomic E-state index is -0.188. The highest BCUT2D eigenvalue weighted by atomic mass is 16.6. The molecule has 0 spiro atoms. The van der Waals surface area contributed by atoms with Crippen molar-refractivity contribution >= 4 is 6.09 Å². The molecule has 0 radical (unpaired) electrons. The maximum absolute atomic E-state index is 11.3. The van der Waals surface area contributed by atoms with Gasteiger partial charge in [-0.15, -0.1) is 0 Å². The standard InChI is InChI=1S/C9H19N3O2/c1-2-14-9(13)12-5-3-8(4-6-12)7-11-10/h8,11H,2-7,10H2,1H3. The third-order valence-electron chi connectivity index (χ3n) is 2.55. The van der Waals surface area contributed by atoms with Gasteiger partial charge in [-0.3, -0.25) is 11.3 Å². The zero-order valence-corrected chi connectivity index (χ0v) is 8.66. The first-order chi connectivity index (χ1) is 6.77. The van der Waals surface area contributed by atoms with Crippen molar-refractivity contribution in [1.29, 1.82) is 0 Å². The average Bonchev–Trinajstić information content (AvgIpc) is 2.20. The first kappa shape index (κ1) is 11.3. The van der Waals surface area contributed by atoms with Crippen LogP contribution < -0.4 is 11.3 Å². The van der Waals surface area contributed by atoms with Crippen molar-refractivity contribution in [2.45, 2.75) is 19.8 Å². The quantitative estimate of drug-likeness (QED) is 0.509. The van der Waals surface area contributed by atoms with Crippen LogP contribution in [-0.4, -0.2) is 37.2 Å². The van der Waals surface area contributed by atoms with Crippen LogP contribution in [0.15, 0.2) is 0 Å². The number of hydrogen-bond acceptors (Lipinski definition) is 4. The van der Waals surface area contributed by atoms with Crippen molar-refractivity contribution in [3.63, 3.8) is 0 Å². The highest BCUT2D eigenvalue weighted by Crippen LogP contribution is 2.16. The van der Waals surface area contributed by atoms with Crippen LogP contribution in [0.2, 0.25) is 0 Å². The maximum atomic E-state index is 11.3. The fraction of sp³-hybridized carbons (Fsp3) is 0.889. The molecule has 0 bridgehead atoms. The molecule has 14 heavy (non-hydrogen) atoms. The molecule has 5 heteroatoms. The van der Waals surface area contributed by atoms with E-state index in [1.54, 1.807) is 4.90 Å². The predicted octanol–water partition coefficient (Wildman–Crippen LogP) is 0.318. The summed E-state index contributed by atoms with van der Waals surface area (Å²) in [7, 11) is 0. The van der Waals surface area contributed by atoms with Crippen molar-refractivity contribution in [3.05, 3.63) is 0 Å². The van der Waals surface area contributed by atoms with Crippen LogP contribution in [0.25, 0.3) is 0 Å². The molecule has 1 fully saturated rings. The Morgan fingerprint density at radius 3 is 2.71 bits per heavy atom. The molecular formula is C9H19N3O2. The zero-order chi connectivity index (χ0) is 10.4. The van der Waals surface area contributed by atoms with Gasteiger partial charge in [-0.05, 0) is 25.7 Å². The molecule has 1 saturated heterocycles. The molecule has 1 aliphatic heterocycles. The molecule has 0 aliphatic carbocycles. The van der Waals surface area contributed by atoms with Crippen LogP contribution in [0, 0.1) is 5.92 Å². The number of hydrazine groups is 1. The monoisotopic (exact) mass is 201 g/mol. The molecule has 0 unspecified atom stereocenters. The Morgan fingerprint density at radius 1 is 1.57 bits per heavy atom. The lowest BCUT2D eigenvalue weighted by Crippen LogP contribution is -2.41. The second-order valence-electron chi connectivity index (χ2n) is 3.54. The van der Waals surface area contributed by atoms with Gasteiger partial charge in [0.15, 0.2) is 0 Å². The van der Waals surface area contributed by atoms with Gasteiger partial charge in [0.05, 0.1) is 6.61 Å². The minimum absolute atomic E-state index is 0.188. The summed E-state index contributed by atoms with van der Waals surface area (Å²) in [5, 5.41) is 0. The summed E-state index contributed by atoms with van der Waals surface area (Å²) < 4.78 is 4.92. The van der Waals surface area contributed by atoms with E-state index in [0.29, 0.717) is 12.5 Å². The average molecular weight is 201 g/mol. The predicted molar refractivity (Wildman–Crippen MR) is 53.5 cm³/mol. The zero-order valence-electron chi connectivity index (χ0n) is 8.66. The van der Waals surface area contributed by atoms with Gasteiger partial charge in [0, 0.05) is 19.6 Å². The number of ether oxygens (including phenoxy) is 1. The van der Waals surface area contributed by atoms with E-state index in [-0.39, 0.29) is 6.09 Å². The summed E-state index contributed by atoms with van der Waals surface area (Å²) >= 11 is 0. The van der Waals surface area contributed by atoms with Crippen molar-refractivity contribution in [3.8, 4) is 0 Å². The van der Waals surface area contributed by atoms with E-state index in [9.17, 15) is 4.79 Å². The Bertz CT molecular complexity index is 179. The van der Waals surface area contributed by atoms with Gasteiger partial charge >= 0.3 is 6.09 Å². The first-order valence-corrected chi connectivity index (χ1v) is 5.13. The summed E-state index contributed by atoms with van der Waals surface area (Å²) in [5.41, 5.74) is 2.67. The second kappa shape index (κ2) is 5.82. The smallest absolute Gasteiger partial charge is 0.409 e. The van der Waals surface area contributed by atoms with Gasteiger partial charge in [-0.25, -0.2) is 4.79 Å².